The third-order valence-electron chi connectivity index (χ3n) is 3.91. The van der Waals surface area contributed by atoms with Crippen LogP contribution in [0.15, 0.2) is 46.3 Å². The zero-order valence-electron chi connectivity index (χ0n) is 13.8. The number of hydrogen-bond acceptors (Lipinski definition) is 4. The van der Waals surface area contributed by atoms with E-state index in [4.69, 9.17) is 11.6 Å². The van der Waals surface area contributed by atoms with Crippen molar-refractivity contribution in [2.75, 3.05) is 11.4 Å². The first-order chi connectivity index (χ1) is 11.4. The first-order valence-corrected chi connectivity index (χ1v) is 8.92. The van der Waals surface area contributed by atoms with Gasteiger partial charge in [-0.05, 0) is 44.5 Å². The second kappa shape index (κ2) is 6.54. The number of ketones is 1. The smallest absolute Gasteiger partial charge is 0.155 e. The summed E-state index contributed by atoms with van der Waals surface area (Å²) in [4.78, 5) is 14.6. The lowest BCUT2D eigenvalue weighted by molar-refractivity contribution is -0.112. The van der Waals surface area contributed by atoms with Crippen molar-refractivity contribution in [3.05, 3.63) is 52.0 Å². The van der Waals surface area contributed by atoms with Gasteiger partial charge in [-0.25, -0.2) is 0 Å². The number of rotatable bonds is 3. The first-order valence-electron chi connectivity index (χ1n) is 7.72. The molecule has 0 atom stereocenters. The van der Waals surface area contributed by atoms with E-state index in [1.807, 2.05) is 43.0 Å². The van der Waals surface area contributed by atoms with Crippen molar-refractivity contribution in [3.63, 3.8) is 0 Å². The molecule has 24 heavy (non-hydrogen) atoms. The predicted molar refractivity (Wildman–Crippen MR) is 101 cm³/mol. The van der Waals surface area contributed by atoms with Crippen LogP contribution in [-0.2, 0) is 4.79 Å². The van der Waals surface area contributed by atoms with Gasteiger partial charge >= 0.3 is 0 Å². The summed E-state index contributed by atoms with van der Waals surface area (Å²) < 4.78 is 0. The number of benzene rings is 2. The van der Waals surface area contributed by atoms with E-state index in [2.05, 4.69) is 0 Å². The molecule has 0 bridgehead atoms. The molecule has 0 spiro atoms. The molecule has 0 aromatic heterocycles. The van der Waals surface area contributed by atoms with E-state index in [0.29, 0.717) is 17.1 Å². The fraction of sp³-hybridized carbons (Fsp3) is 0.211. The van der Waals surface area contributed by atoms with E-state index < -0.39 is 0 Å². The number of aromatic hydroxyl groups is 1. The molecule has 1 N–H and O–H groups in total. The quantitative estimate of drug-likeness (QED) is 0.746. The molecule has 124 valence electrons. The van der Waals surface area contributed by atoms with Gasteiger partial charge in [-0.3, -0.25) is 4.79 Å². The van der Waals surface area contributed by atoms with Crippen LogP contribution in [0.4, 0.5) is 5.69 Å². The highest BCUT2D eigenvalue weighted by molar-refractivity contribution is 8.03. The molecule has 0 amide bonds. The maximum atomic E-state index is 11.5. The van der Waals surface area contributed by atoms with E-state index in [9.17, 15) is 9.90 Å². The number of carbonyl (C=O) groups is 1. The molecule has 2 aromatic rings. The van der Waals surface area contributed by atoms with Crippen molar-refractivity contribution in [2.24, 2.45) is 0 Å². The predicted octanol–water partition coefficient (Wildman–Crippen LogP) is 5.38. The standard InChI is InChI=1S/C19H18ClNO2S/c1-4-21-17(10-12(3)22)24-16-8-7-15(23)18(19(16)21)13-6-5-11(2)9-14(13)20/h5-10,23H,4H2,1-3H3/b17-10-. The van der Waals surface area contributed by atoms with Crippen molar-refractivity contribution in [2.45, 2.75) is 25.7 Å². The highest BCUT2D eigenvalue weighted by Gasteiger charge is 2.30. The average Bonchev–Trinajstić information content (AvgIpc) is 2.85. The lowest BCUT2D eigenvalue weighted by atomic mass is 10.00. The maximum absolute atomic E-state index is 11.5. The Morgan fingerprint density at radius 3 is 2.71 bits per heavy atom. The minimum atomic E-state index is 0.00268. The summed E-state index contributed by atoms with van der Waals surface area (Å²) in [5.74, 6) is 0.186. The van der Waals surface area contributed by atoms with Gasteiger partial charge in [0.2, 0.25) is 0 Å². The number of phenolic OH excluding ortho intramolecular Hbond substituents is 1. The van der Waals surface area contributed by atoms with Gasteiger partial charge in [-0.2, -0.15) is 0 Å². The first kappa shape index (κ1) is 16.9. The zero-order chi connectivity index (χ0) is 17.4. The van der Waals surface area contributed by atoms with Gasteiger partial charge in [-0.15, -0.1) is 0 Å². The Bertz CT molecular complexity index is 861. The fourth-order valence-electron chi connectivity index (χ4n) is 2.87. The van der Waals surface area contributed by atoms with E-state index in [-0.39, 0.29) is 11.5 Å². The molecule has 0 unspecified atom stereocenters. The minimum Gasteiger partial charge on any atom is -0.507 e. The van der Waals surface area contributed by atoms with E-state index >= 15 is 0 Å². The van der Waals surface area contributed by atoms with Crippen LogP contribution in [0.25, 0.3) is 11.1 Å². The molecule has 0 saturated carbocycles. The van der Waals surface area contributed by atoms with Crippen LogP contribution in [0.2, 0.25) is 5.02 Å². The van der Waals surface area contributed by atoms with Crippen LogP contribution in [0, 0.1) is 6.92 Å². The highest BCUT2D eigenvalue weighted by Crippen LogP contribution is 2.54. The van der Waals surface area contributed by atoms with Crippen molar-refractivity contribution >= 4 is 34.8 Å². The summed E-state index contributed by atoms with van der Waals surface area (Å²) in [5, 5.41) is 12.0. The van der Waals surface area contributed by atoms with Crippen LogP contribution in [0.5, 0.6) is 5.75 Å². The molecule has 3 nitrogen and oxygen atoms in total. The molecule has 2 aromatic carbocycles. The maximum Gasteiger partial charge on any atom is 0.155 e. The number of anilines is 1. The van der Waals surface area contributed by atoms with Gasteiger partial charge in [0, 0.05) is 33.7 Å². The van der Waals surface area contributed by atoms with E-state index in [0.717, 1.165) is 26.7 Å². The number of aryl methyl sites for hydroxylation is 1. The van der Waals surface area contributed by atoms with Gasteiger partial charge in [0.25, 0.3) is 0 Å². The van der Waals surface area contributed by atoms with Crippen molar-refractivity contribution in [1.82, 2.24) is 0 Å². The monoisotopic (exact) mass is 359 g/mol. The molecular weight excluding hydrogens is 342 g/mol. The summed E-state index contributed by atoms with van der Waals surface area (Å²) in [7, 11) is 0. The summed E-state index contributed by atoms with van der Waals surface area (Å²) >= 11 is 7.98. The van der Waals surface area contributed by atoms with Gasteiger partial charge < -0.3 is 10.0 Å². The SMILES string of the molecule is CCN1/C(=C/C(C)=O)Sc2ccc(O)c(-c3ccc(C)cc3Cl)c21. The van der Waals surface area contributed by atoms with Crippen molar-refractivity contribution < 1.29 is 9.90 Å². The molecule has 0 aliphatic carbocycles. The highest BCUT2D eigenvalue weighted by atomic mass is 35.5. The number of phenols is 1. The second-order valence-electron chi connectivity index (χ2n) is 5.73. The second-order valence-corrected chi connectivity index (χ2v) is 7.20. The number of allylic oxidation sites excluding steroid dienone is 1. The topological polar surface area (TPSA) is 40.5 Å². The van der Waals surface area contributed by atoms with Gasteiger partial charge in [-0.1, -0.05) is 35.5 Å². The molecule has 0 fully saturated rings. The number of halogens is 1. The Hall–Kier alpha value is -1.91. The molecule has 0 radical (unpaired) electrons. The number of hydrogen-bond donors (Lipinski definition) is 1. The van der Waals surface area contributed by atoms with E-state index in [1.54, 1.807) is 19.1 Å². The van der Waals surface area contributed by atoms with Gasteiger partial charge in [0.1, 0.15) is 5.75 Å². The third kappa shape index (κ3) is 2.92. The molecular formula is C19H18ClNO2S. The fourth-order valence-corrected chi connectivity index (χ4v) is 4.43. The summed E-state index contributed by atoms with van der Waals surface area (Å²) in [6.45, 7) is 6.24. The van der Waals surface area contributed by atoms with Crippen LogP contribution in [0.1, 0.15) is 19.4 Å². The number of nitrogens with zero attached hydrogens (tertiary/aromatic N) is 1. The number of fused-ring (bicyclic) bond motifs is 1. The Labute approximate surface area is 150 Å². The lowest BCUT2D eigenvalue weighted by Crippen LogP contribution is -2.18. The minimum absolute atomic E-state index is 0.00268. The lowest BCUT2D eigenvalue weighted by Gasteiger charge is -2.22. The molecule has 1 aliphatic heterocycles. The van der Waals surface area contributed by atoms with Gasteiger partial charge in [0.15, 0.2) is 5.78 Å². The molecule has 3 rings (SSSR count). The molecule has 0 saturated heterocycles. The largest absolute Gasteiger partial charge is 0.507 e. The Balaban J connectivity index is 2.25. The van der Waals surface area contributed by atoms with Crippen LogP contribution >= 0.6 is 23.4 Å². The van der Waals surface area contributed by atoms with Crippen LogP contribution in [-0.4, -0.2) is 17.4 Å². The molecule has 1 aliphatic rings. The number of thioether (sulfide) groups is 1. The zero-order valence-corrected chi connectivity index (χ0v) is 15.3. The molecule has 5 heteroatoms. The summed E-state index contributed by atoms with van der Waals surface area (Å²) in [6.07, 6.45) is 1.63. The van der Waals surface area contributed by atoms with Crippen molar-refractivity contribution in [1.29, 1.82) is 0 Å². The van der Waals surface area contributed by atoms with Crippen molar-refractivity contribution in [3.8, 4) is 16.9 Å². The van der Waals surface area contributed by atoms with Crippen LogP contribution in [0.3, 0.4) is 0 Å². The van der Waals surface area contributed by atoms with Gasteiger partial charge in [0.05, 0.1) is 10.7 Å². The van der Waals surface area contributed by atoms with E-state index in [1.165, 1.54) is 11.8 Å². The Morgan fingerprint density at radius 2 is 2.08 bits per heavy atom. The average molecular weight is 360 g/mol. The van der Waals surface area contributed by atoms with Crippen LogP contribution < -0.4 is 4.90 Å². The normalized spacial score (nSPS) is 15.0. The Morgan fingerprint density at radius 1 is 1.33 bits per heavy atom. The summed E-state index contributed by atoms with van der Waals surface area (Å²) in [5.41, 5.74) is 3.47. The Kier molecular flexibility index (Phi) is 4.61. The third-order valence-corrected chi connectivity index (χ3v) is 5.32. The summed E-state index contributed by atoms with van der Waals surface area (Å²) in [6, 6.07) is 9.36. The number of carbonyl (C=O) groups excluding carboxylic acids is 1. The molecule has 1 heterocycles.